The SMILES string of the molecule is CC(CNCc1cn(Cc2ccccc2)nc1-c1cccnc1)Cn1ccnc1. The highest BCUT2D eigenvalue weighted by Gasteiger charge is 2.12. The third-order valence-corrected chi connectivity index (χ3v) is 4.85. The molecule has 0 aliphatic rings. The van der Waals surface area contributed by atoms with E-state index in [1.165, 1.54) is 11.1 Å². The number of benzene rings is 1. The van der Waals surface area contributed by atoms with E-state index < -0.39 is 0 Å². The minimum Gasteiger partial charge on any atom is -0.337 e. The van der Waals surface area contributed by atoms with Gasteiger partial charge in [0.1, 0.15) is 0 Å². The molecule has 29 heavy (non-hydrogen) atoms. The maximum absolute atomic E-state index is 4.86. The van der Waals surface area contributed by atoms with E-state index >= 15 is 0 Å². The first kappa shape index (κ1) is 19.1. The Labute approximate surface area is 171 Å². The predicted octanol–water partition coefficient (Wildman–Crippen LogP) is 3.62. The number of nitrogens with one attached hydrogen (secondary N) is 1. The van der Waals surface area contributed by atoms with Gasteiger partial charge >= 0.3 is 0 Å². The highest BCUT2D eigenvalue weighted by molar-refractivity contribution is 5.61. The van der Waals surface area contributed by atoms with Crippen LogP contribution in [0, 0.1) is 5.92 Å². The molecule has 0 aliphatic carbocycles. The van der Waals surface area contributed by atoms with Gasteiger partial charge in [0.25, 0.3) is 0 Å². The Kier molecular flexibility index (Phi) is 6.12. The fourth-order valence-corrected chi connectivity index (χ4v) is 3.46. The second-order valence-electron chi connectivity index (χ2n) is 7.42. The van der Waals surface area contributed by atoms with Crippen LogP contribution >= 0.6 is 0 Å². The normalized spacial score (nSPS) is 12.2. The molecule has 0 spiro atoms. The predicted molar refractivity (Wildman–Crippen MR) is 114 cm³/mol. The first-order chi connectivity index (χ1) is 14.3. The zero-order valence-corrected chi connectivity index (χ0v) is 16.6. The largest absolute Gasteiger partial charge is 0.337 e. The zero-order chi connectivity index (χ0) is 19.9. The molecule has 0 bridgehead atoms. The van der Waals surface area contributed by atoms with Crippen molar-refractivity contribution in [3.8, 4) is 11.3 Å². The van der Waals surface area contributed by atoms with Crippen LogP contribution in [0.1, 0.15) is 18.1 Å². The smallest absolute Gasteiger partial charge is 0.0983 e. The van der Waals surface area contributed by atoms with Gasteiger partial charge in [0.05, 0.1) is 18.6 Å². The van der Waals surface area contributed by atoms with Crippen molar-refractivity contribution in [3.05, 3.63) is 90.9 Å². The Balaban J connectivity index is 1.45. The van der Waals surface area contributed by atoms with Crippen LogP contribution in [0.3, 0.4) is 0 Å². The number of pyridine rings is 1. The van der Waals surface area contributed by atoms with Gasteiger partial charge in [-0.3, -0.25) is 9.67 Å². The molecule has 148 valence electrons. The van der Waals surface area contributed by atoms with E-state index in [1.807, 2.05) is 41.7 Å². The lowest BCUT2D eigenvalue weighted by molar-refractivity contribution is 0.445. The fourth-order valence-electron chi connectivity index (χ4n) is 3.46. The number of hydrogen-bond acceptors (Lipinski definition) is 4. The average Bonchev–Trinajstić information content (AvgIpc) is 3.39. The molecule has 0 amide bonds. The average molecular weight is 387 g/mol. The van der Waals surface area contributed by atoms with E-state index in [1.54, 1.807) is 6.20 Å². The molecule has 4 rings (SSSR count). The Morgan fingerprint density at radius 3 is 2.69 bits per heavy atom. The number of nitrogens with zero attached hydrogens (tertiary/aromatic N) is 5. The molecule has 3 heterocycles. The Morgan fingerprint density at radius 1 is 1.03 bits per heavy atom. The van der Waals surface area contributed by atoms with Crippen LogP contribution in [-0.4, -0.2) is 30.9 Å². The van der Waals surface area contributed by atoms with Crippen molar-refractivity contribution < 1.29 is 0 Å². The number of imidazole rings is 1. The van der Waals surface area contributed by atoms with Gasteiger partial charge in [-0.2, -0.15) is 5.10 Å². The van der Waals surface area contributed by atoms with Crippen molar-refractivity contribution in [1.29, 1.82) is 0 Å². The first-order valence-electron chi connectivity index (χ1n) is 9.95. The Hall–Kier alpha value is -3.25. The third-order valence-electron chi connectivity index (χ3n) is 4.85. The van der Waals surface area contributed by atoms with E-state index in [-0.39, 0.29) is 0 Å². The van der Waals surface area contributed by atoms with Gasteiger partial charge in [-0.15, -0.1) is 0 Å². The van der Waals surface area contributed by atoms with Crippen molar-refractivity contribution in [2.45, 2.75) is 26.6 Å². The van der Waals surface area contributed by atoms with Gasteiger partial charge in [0, 0.05) is 55.2 Å². The lowest BCUT2D eigenvalue weighted by Gasteiger charge is -2.13. The molecule has 4 aromatic rings. The topological polar surface area (TPSA) is 60.6 Å². The summed E-state index contributed by atoms with van der Waals surface area (Å²) in [6, 6.07) is 14.4. The Bertz CT molecular complexity index is 993. The number of hydrogen-bond donors (Lipinski definition) is 1. The summed E-state index contributed by atoms with van der Waals surface area (Å²) >= 11 is 0. The van der Waals surface area contributed by atoms with Gasteiger partial charge in [0.15, 0.2) is 0 Å². The van der Waals surface area contributed by atoms with Crippen LogP contribution in [0.15, 0.2) is 79.8 Å². The molecule has 0 saturated heterocycles. The maximum atomic E-state index is 4.86. The highest BCUT2D eigenvalue weighted by Crippen LogP contribution is 2.21. The van der Waals surface area contributed by atoms with E-state index in [0.717, 1.165) is 37.4 Å². The quantitative estimate of drug-likeness (QED) is 0.477. The second kappa shape index (κ2) is 9.30. The van der Waals surface area contributed by atoms with Crippen LogP contribution in [0.25, 0.3) is 11.3 Å². The van der Waals surface area contributed by atoms with Crippen LogP contribution in [0.4, 0.5) is 0 Å². The monoisotopic (exact) mass is 386 g/mol. The van der Waals surface area contributed by atoms with Crippen LogP contribution < -0.4 is 5.32 Å². The van der Waals surface area contributed by atoms with Crippen molar-refractivity contribution in [3.63, 3.8) is 0 Å². The summed E-state index contributed by atoms with van der Waals surface area (Å²) < 4.78 is 4.13. The van der Waals surface area contributed by atoms with Gasteiger partial charge in [0.2, 0.25) is 0 Å². The summed E-state index contributed by atoms with van der Waals surface area (Å²) in [4.78, 5) is 8.38. The van der Waals surface area contributed by atoms with Gasteiger partial charge in [-0.05, 0) is 30.2 Å². The molecule has 0 fully saturated rings. The van der Waals surface area contributed by atoms with Gasteiger partial charge in [-0.1, -0.05) is 37.3 Å². The summed E-state index contributed by atoms with van der Waals surface area (Å²) in [5, 5.41) is 8.45. The van der Waals surface area contributed by atoms with Crippen molar-refractivity contribution in [2.75, 3.05) is 6.54 Å². The first-order valence-corrected chi connectivity index (χ1v) is 9.95. The zero-order valence-electron chi connectivity index (χ0n) is 16.6. The number of rotatable bonds is 9. The van der Waals surface area contributed by atoms with Crippen LogP contribution in [0.2, 0.25) is 0 Å². The molecule has 3 aromatic heterocycles. The molecular weight excluding hydrogens is 360 g/mol. The van der Waals surface area contributed by atoms with E-state index in [2.05, 4.69) is 63.3 Å². The molecule has 0 radical (unpaired) electrons. The highest BCUT2D eigenvalue weighted by atomic mass is 15.3. The Morgan fingerprint density at radius 2 is 1.93 bits per heavy atom. The van der Waals surface area contributed by atoms with Crippen LogP contribution in [-0.2, 0) is 19.6 Å². The summed E-state index contributed by atoms with van der Waals surface area (Å²) in [6.45, 7) is 5.65. The minimum absolute atomic E-state index is 0.505. The fraction of sp³-hybridized carbons (Fsp3) is 0.261. The number of aromatic nitrogens is 5. The summed E-state index contributed by atoms with van der Waals surface area (Å²) in [5.41, 5.74) is 4.45. The van der Waals surface area contributed by atoms with Gasteiger partial charge < -0.3 is 9.88 Å². The molecule has 1 unspecified atom stereocenters. The van der Waals surface area contributed by atoms with E-state index in [9.17, 15) is 0 Å². The lowest BCUT2D eigenvalue weighted by atomic mass is 10.1. The second-order valence-corrected chi connectivity index (χ2v) is 7.42. The lowest BCUT2D eigenvalue weighted by Crippen LogP contribution is -2.23. The molecule has 0 saturated carbocycles. The minimum atomic E-state index is 0.505. The van der Waals surface area contributed by atoms with Crippen molar-refractivity contribution >= 4 is 0 Å². The maximum Gasteiger partial charge on any atom is 0.0983 e. The molecule has 6 nitrogen and oxygen atoms in total. The van der Waals surface area contributed by atoms with E-state index in [4.69, 9.17) is 5.10 Å². The summed E-state index contributed by atoms with van der Waals surface area (Å²) in [7, 11) is 0. The van der Waals surface area contributed by atoms with Crippen molar-refractivity contribution in [1.82, 2.24) is 29.6 Å². The van der Waals surface area contributed by atoms with Gasteiger partial charge in [-0.25, -0.2) is 4.98 Å². The standard InChI is InChI=1S/C23H26N6/c1-19(15-28-11-10-25-18-28)12-26-14-22-17-29(16-20-6-3-2-4-7-20)27-23(22)21-8-5-9-24-13-21/h2-11,13,17-19,26H,12,14-16H2,1H3. The summed E-state index contributed by atoms with van der Waals surface area (Å²) in [6.07, 6.45) is 11.5. The third kappa shape index (κ3) is 5.18. The van der Waals surface area contributed by atoms with Crippen molar-refractivity contribution in [2.24, 2.45) is 5.92 Å². The molecule has 0 aliphatic heterocycles. The van der Waals surface area contributed by atoms with E-state index in [0.29, 0.717) is 5.92 Å². The molecule has 1 atom stereocenters. The molecule has 1 aromatic carbocycles. The molecule has 6 heteroatoms. The molecule has 1 N–H and O–H groups in total. The summed E-state index contributed by atoms with van der Waals surface area (Å²) in [5.74, 6) is 0.505. The molecular formula is C23H26N6. The van der Waals surface area contributed by atoms with Crippen LogP contribution in [0.5, 0.6) is 0 Å².